The van der Waals surface area contributed by atoms with Gasteiger partial charge in [0.1, 0.15) is 12.6 Å². The number of nitrogens with one attached hydrogen (secondary N) is 1. The summed E-state index contributed by atoms with van der Waals surface area (Å²) in [5.74, 6) is -1.20. The van der Waals surface area contributed by atoms with E-state index in [0.29, 0.717) is 5.69 Å². The summed E-state index contributed by atoms with van der Waals surface area (Å²) in [5, 5.41) is 11.9. The maximum atomic E-state index is 12.4. The highest BCUT2D eigenvalue weighted by Crippen LogP contribution is 2.44. The van der Waals surface area contributed by atoms with Crippen LogP contribution in [0.5, 0.6) is 0 Å². The Morgan fingerprint density at radius 1 is 0.933 bits per heavy atom. The average molecular weight is 402 g/mol. The molecule has 30 heavy (non-hydrogen) atoms. The topological polar surface area (TPSA) is 102 Å². The van der Waals surface area contributed by atoms with Gasteiger partial charge in [-0.15, -0.1) is 0 Å². The Kier molecular flexibility index (Phi) is 5.39. The second-order valence-electron chi connectivity index (χ2n) is 7.31. The lowest BCUT2D eigenvalue weighted by molar-refractivity contribution is -0.139. The average Bonchev–Trinajstić information content (AvgIpc) is 3.07. The quantitative estimate of drug-likeness (QED) is 0.544. The van der Waals surface area contributed by atoms with Crippen molar-refractivity contribution < 1.29 is 19.4 Å². The van der Waals surface area contributed by atoms with Gasteiger partial charge in [0.2, 0.25) is 0 Å². The molecule has 3 aromatic carbocycles. The number of alkyl carbamates (subject to hydrolysis) is 1. The number of aliphatic carboxylic acids is 1. The zero-order valence-corrected chi connectivity index (χ0v) is 16.2. The molecule has 152 valence electrons. The molecule has 0 saturated heterocycles. The highest BCUT2D eigenvalue weighted by molar-refractivity contribution is 5.81. The summed E-state index contributed by atoms with van der Waals surface area (Å²) < 4.78 is 5.44. The maximum absolute atomic E-state index is 12.4. The number of nitrogens with two attached hydrogens (primary N) is 1. The summed E-state index contributed by atoms with van der Waals surface area (Å²) in [6.07, 6.45) is -0.612. The van der Waals surface area contributed by atoms with E-state index in [4.69, 9.17) is 10.5 Å². The Bertz CT molecular complexity index is 1030. The Morgan fingerprint density at radius 2 is 1.50 bits per heavy atom. The third-order valence-corrected chi connectivity index (χ3v) is 5.35. The molecule has 4 rings (SSSR count). The van der Waals surface area contributed by atoms with Crippen molar-refractivity contribution in [3.8, 4) is 11.1 Å². The van der Waals surface area contributed by atoms with Crippen molar-refractivity contribution in [2.24, 2.45) is 0 Å². The summed E-state index contributed by atoms with van der Waals surface area (Å²) in [4.78, 5) is 24.0. The summed E-state index contributed by atoms with van der Waals surface area (Å²) in [5.41, 5.74) is 11.5. The van der Waals surface area contributed by atoms with E-state index in [2.05, 4.69) is 17.4 Å². The van der Waals surface area contributed by atoms with Gasteiger partial charge in [-0.05, 0) is 39.9 Å². The van der Waals surface area contributed by atoms with E-state index in [1.807, 2.05) is 36.4 Å². The number of carboxylic acid groups (broad SMARTS) is 1. The smallest absolute Gasteiger partial charge is 0.407 e. The van der Waals surface area contributed by atoms with Gasteiger partial charge in [0, 0.05) is 18.0 Å². The number of rotatable bonds is 6. The maximum Gasteiger partial charge on any atom is 0.407 e. The molecular formula is C24H22N2O4. The van der Waals surface area contributed by atoms with Gasteiger partial charge < -0.3 is 20.9 Å². The van der Waals surface area contributed by atoms with E-state index in [-0.39, 0.29) is 18.9 Å². The SMILES string of the molecule is Nc1ccc(C[C@H](NC(=O)OCC2c3ccccc3-c3ccccc32)C(=O)O)cc1. The van der Waals surface area contributed by atoms with Gasteiger partial charge in [0.15, 0.2) is 0 Å². The molecule has 0 spiro atoms. The fraction of sp³-hybridized carbons (Fsp3) is 0.167. The van der Waals surface area contributed by atoms with Gasteiger partial charge in [0.05, 0.1) is 0 Å². The molecule has 0 unspecified atom stereocenters. The van der Waals surface area contributed by atoms with Gasteiger partial charge in [-0.1, -0.05) is 60.7 Å². The molecule has 6 heteroatoms. The molecule has 3 aromatic rings. The van der Waals surface area contributed by atoms with Crippen LogP contribution in [0, 0.1) is 0 Å². The fourth-order valence-corrected chi connectivity index (χ4v) is 3.87. The number of carboxylic acids is 1. The summed E-state index contributed by atoms with van der Waals surface area (Å²) in [6, 6.07) is 21.9. The van der Waals surface area contributed by atoms with Crippen LogP contribution in [0.25, 0.3) is 11.1 Å². The second-order valence-corrected chi connectivity index (χ2v) is 7.31. The number of carbonyl (C=O) groups is 2. The van der Waals surface area contributed by atoms with Crippen LogP contribution in [0.15, 0.2) is 72.8 Å². The molecule has 1 aliphatic rings. The van der Waals surface area contributed by atoms with Gasteiger partial charge >= 0.3 is 12.1 Å². The first-order chi connectivity index (χ1) is 14.5. The van der Waals surface area contributed by atoms with Crippen molar-refractivity contribution in [2.45, 2.75) is 18.4 Å². The first kappa shape index (κ1) is 19.5. The lowest BCUT2D eigenvalue weighted by Gasteiger charge is -2.17. The largest absolute Gasteiger partial charge is 0.480 e. The number of benzene rings is 3. The molecule has 6 nitrogen and oxygen atoms in total. The molecule has 1 aliphatic carbocycles. The molecule has 0 radical (unpaired) electrons. The normalized spacial score (nSPS) is 13.2. The molecule has 0 aromatic heterocycles. The standard InChI is InChI=1S/C24H22N2O4/c25-16-11-9-15(10-12-16)13-22(23(27)28)26-24(29)30-14-21-19-7-3-1-5-17(19)18-6-2-4-8-20(18)21/h1-12,21-22H,13-14,25H2,(H,26,29)(H,27,28)/t22-/m0/s1. The van der Waals surface area contributed by atoms with E-state index in [0.717, 1.165) is 27.8 Å². The van der Waals surface area contributed by atoms with Gasteiger partial charge in [-0.3, -0.25) is 0 Å². The van der Waals surface area contributed by atoms with Crippen LogP contribution in [0.1, 0.15) is 22.6 Å². The minimum absolute atomic E-state index is 0.0801. The van der Waals surface area contributed by atoms with Crippen molar-refractivity contribution in [2.75, 3.05) is 12.3 Å². The predicted octanol–water partition coefficient (Wildman–Crippen LogP) is 3.80. The Hall–Kier alpha value is -3.80. The highest BCUT2D eigenvalue weighted by atomic mass is 16.5. The molecule has 0 saturated carbocycles. The van der Waals surface area contributed by atoms with Crippen LogP contribution in [-0.2, 0) is 16.0 Å². The number of hydrogen-bond acceptors (Lipinski definition) is 4. The van der Waals surface area contributed by atoms with E-state index < -0.39 is 18.1 Å². The summed E-state index contributed by atoms with van der Waals surface area (Å²) >= 11 is 0. The first-order valence-electron chi connectivity index (χ1n) is 9.71. The zero-order chi connectivity index (χ0) is 21.1. The Balaban J connectivity index is 1.43. The van der Waals surface area contributed by atoms with E-state index >= 15 is 0 Å². The molecule has 4 N–H and O–H groups in total. The van der Waals surface area contributed by atoms with Gasteiger partial charge in [0.25, 0.3) is 0 Å². The lowest BCUT2D eigenvalue weighted by atomic mass is 9.98. The Morgan fingerprint density at radius 3 is 2.07 bits per heavy atom. The summed E-state index contributed by atoms with van der Waals surface area (Å²) in [6.45, 7) is 0.133. The molecule has 0 fully saturated rings. The van der Waals surface area contributed by atoms with E-state index in [1.165, 1.54) is 0 Å². The van der Waals surface area contributed by atoms with Crippen LogP contribution in [-0.4, -0.2) is 29.8 Å². The summed E-state index contributed by atoms with van der Waals surface area (Å²) in [7, 11) is 0. The molecule has 1 amide bonds. The Labute approximate surface area is 174 Å². The predicted molar refractivity (Wildman–Crippen MR) is 114 cm³/mol. The van der Waals surface area contributed by atoms with E-state index in [1.54, 1.807) is 24.3 Å². The van der Waals surface area contributed by atoms with Gasteiger partial charge in [-0.25, -0.2) is 9.59 Å². The van der Waals surface area contributed by atoms with Crippen molar-refractivity contribution in [3.63, 3.8) is 0 Å². The minimum Gasteiger partial charge on any atom is -0.480 e. The van der Waals surface area contributed by atoms with Gasteiger partial charge in [-0.2, -0.15) is 0 Å². The molecule has 0 bridgehead atoms. The number of hydrogen-bond donors (Lipinski definition) is 3. The molecule has 0 heterocycles. The van der Waals surface area contributed by atoms with Crippen LogP contribution in [0.3, 0.4) is 0 Å². The zero-order valence-electron chi connectivity index (χ0n) is 16.2. The number of amides is 1. The van der Waals surface area contributed by atoms with Crippen molar-refractivity contribution >= 4 is 17.7 Å². The van der Waals surface area contributed by atoms with Crippen LogP contribution in [0.4, 0.5) is 10.5 Å². The van der Waals surface area contributed by atoms with Crippen molar-refractivity contribution in [1.29, 1.82) is 0 Å². The first-order valence-corrected chi connectivity index (χ1v) is 9.71. The third kappa shape index (κ3) is 3.98. The fourth-order valence-electron chi connectivity index (χ4n) is 3.87. The number of ether oxygens (including phenoxy) is 1. The number of nitrogen functional groups attached to an aromatic ring is 1. The number of anilines is 1. The van der Waals surface area contributed by atoms with E-state index in [9.17, 15) is 14.7 Å². The molecule has 0 aliphatic heterocycles. The number of fused-ring (bicyclic) bond motifs is 3. The van der Waals surface area contributed by atoms with Crippen LogP contribution in [0.2, 0.25) is 0 Å². The lowest BCUT2D eigenvalue weighted by Crippen LogP contribution is -2.42. The highest BCUT2D eigenvalue weighted by Gasteiger charge is 2.29. The molecular weight excluding hydrogens is 380 g/mol. The number of carbonyl (C=O) groups excluding carboxylic acids is 1. The third-order valence-electron chi connectivity index (χ3n) is 5.35. The second kappa shape index (κ2) is 8.29. The van der Waals surface area contributed by atoms with Crippen LogP contribution < -0.4 is 11.1 Å². The minimum atomic E-state index is -1.12. The van der Waals surface area contributed by atoms with Crippen molar-refractivity contribution in [1.82, 2.24) is 5.32 Å². The van der Waals surface area contributed by atoms with Crippen LogP contribution >= 0.6 is 0 Å². The molecule has 1 atom stereocenters. The monoisotopic (exact) mass is 402 g/mol. The van der Waals surface area contributed by atoms with Crippen molar-refractivity contribution in [3.05, 3.63) is 89.5 Å².